The third-order valence-corrected chi connectivity index (χ3v) is 8.90. The van der Waals surface area contributed by atoms with Crippen LogP contribution < -0.4 is 25.0 Å². The highest BCUT2D eigenvalue weighted by molar-refractivity contribution is 8.00. The minimum Gasteiger partial charge on any atom is -0.493 e. The lowest BCUT2D eigenvalue weighted by atomic mass is 10.1. The molecule has 48 heavy (non-hydrogen) atoms. The highest BCUT2D eigenvalue weighted by Gasteiger charge is 2.36. The Labute approximate surface area is 278 Å². The van der Waals surface area contributed by atoms with Crippen LogP contribution in [0, 0.1) is 17.5 Å². The summed E-state index contributed by atoms with van der Waals surface area (Å²) in [6.07, 6.45) is 2.41. The minimum atomic E-state index is -0.991. The molecule has 1 unspecified atom stereocenters. The second-order valence-corrected chi connectivity index (χ2v) is 12.0. The molecule has 0 bridgehead atoms. The molecular formula is C33H32F3N5O6S. The van der Waals surface area contributed by atoms with Gasteiger partial charge >= 0.3 is 6.03 Å². The molecule has 11 nitrogen and oxygen atoms in total. The van der Waals surface area contributed by atoms with E-state index in [2.05, 4.69) is 20.6 Å². The Kier molecular flexibility index (Phi) is 10.4. The molecule has 3 heterocycles. The molecular weight excluding hydrogens is 651 g/mol. The van der Waals surface area contributed by atoms with Crippen molar-refractivity contribution in [3.05, 3.63) is 83.8 Å². The summed E-state index contributed by atoms with van der Waals surface area (Å²) in [6, 6.07) is 11.0. The molecule has 0 radical (unpaired) electrons. The number of nitrogens with zero attached hydrogens (tertiary/aromatic N) is 3. The number of morpholine rings is 1. The molecule has 252 valence electrons. The van der Waals surface area contributed by atoms with Gasteiger partial charge in [-0.2, -0.15) is 0 Å². The summed E-state index contributed by atoms with van der Waals surface area (Å²) in [7, 11) is 1.54. The lowest BCUT2D eigenvalue weighted by molar-refractivity contribution is -0.130. The summed E-state index contributed by atoms with van der Waals surface area (Å²) < 4.78 is 65.8. The van der Waals surface area contributed by atoms with Crippen molar-refractivity contribution in [2.24, 2.45) is 0 Å². The lowest BCUT2D eigenvalue weighted by Crippen LogP contribution is -2.46. The maximum Gasteiger partial charge on any atom is 0.338 e. The monoisotopic (exact) mass is 683 g/mol. The number of hydrazine groups is 1. The Morgan fingerprint density at radius 2 is 1.85 bits per heavy atom. The zero-order chi connectivity index (χ0) is 33.6. The summed E-state index contributed by atoms with van der Waals surface area (Å²) in [4.78, 5) is 31.9. The molecule has 0 spiro atoms. The number of nitrogens with one attached hydrogen (secondary N) is 2. The Balaban J connectivity index is 1.13. The molecule has 1 aromatic heterocycles. The number of urea groups is 1. The molecule has 3 aromatic carbocycles. The van der Waals surface area contributed by atoms with Gasteiger partial charge in [0.25, 0.3) is 5.91 Å². The molecule has 6 rings (SSSR count). The van der Waals surface area contributed by atoms with E-state index in [0.29, 0.717) is 40.8 Å². The predicted molar refractivity (Wildman–Crippen MR) is 173 cm³/mol. The molecule has 1 atom stereocenters. The van der Waals surface area contributed by atoms with E-state index < -0.39 is 34.8 Å². The van der Waals surface area contributed by atoms with Gasteiger partial charge in [0.1, 0.15) is 34.3 Å². The van der Waals surface area contributed by atoms with Crippen molar-refractivity contribution in [3.8, 4) is 23.0 Å². The number of thioether (sulfide) groups is 1. The average Bonchev–Trinajstić information content (AvgIpc) is 3.43. The third kappa shape index (κ3) is 7.69. The van der Waals surface area contributed by atoms with E-state index in [0.717, 1.165) is 68.2 Å². The van der Waals surface area contributed by atoms with E-state index in [9.17, 15) is 18.4 Å². The van der Waals surface area contributed by atoms with Crippen LogP contribution in [0.1, 0.15) is 17.4 Å². The van der Waals surface area contributed by atoms with E-state index in [4.69, 9.17) is 18.9 Å². The molecule has 2 aliphatic rings. The van der Waals surface area contributed by atoms with Crippen LogP contribution in [0.2, 0.25) is 0 Å². The Hall–Kier alpha value is -4.73. The minimum absolute atomic E-state index is 0.0298. The smallest absolute Gasteiger partial charge is 0.338 e. The highest BCUT2D eigenvalue weighted by atomic mass is 32.2. The number of halogens is 3. The summed E-state index contributed by atoms with van der Waals surface area (Å²) in [5.74, 6) is -1.37. The van der Waals surface area contributed by atoms with Crippen molar-refractivity contribution in [1.29, 1.82) is 0 Å². The van der Waals surface area contributed by atoms with E-state index in [1.54, 1.807) is 37.6 Å². The van der Waals surface area contributed by atoms with Crippen molar-refractivity contribution in [1.82, 2.24) is 20.3 Å². The first-order chi connectivity index (χ1) is 23.3. The Morgan fingerprint density at radius 3 is 2.62 bits per heavy atom. The first-order valence-electron chi connectivity index (χ1n) is 15.1. The van der Waals surface area contributed by atoms with Crippen LogP contribution in [0.4, 0.5) is 23.7 Å². The van der Waals surface area contributed by atoms with Crippen LogP contribution in [0.15, 0.2) is 60.8 Å². The van der Waals surface area contributed by atoms with Gasteiger partial charge in [0.05, 0.1) is 43.9 Å². The van der Waals surface area contributed by atoms with Gasteiger partial charge in [0.15, 0.2) is 11.5 Å². The van der Waals surface area contributed by atoms with Crippen LogP contribution in [-0.2, 0) is 9.53 Å². The van der Waals surface area contributed by atoms with Gasteiger partial charge in [-0.1, -0.05) is 0 Å². The van der Waals surface area contributed by atoms with Crippen molar-refractivity contribution < 1.29 is 41.7 Å². The van der Waals surface area contributed by atoms with Gasteiger partial charge in [0.2, 0.25) is 0 Å². The summed E-state index contributed by atoms with van der Waals surface area (Å²) >= 11 is 1.10. The zero-order valence-corrected chi connectivity index (χ0v) is 26.7. The largest absolute Gasteiger partial charge is 0.493 e. The third-order valence-electron chi connectivity index (χ3n) is 7.70. The number of anilines is 1. The van der Waals surface area contributed by atoms with Gasteiger partial charge in [-0.05, 0) is 42.8 Å². The molecule has 2 saturated heterocycles. The van der Waals surface area contributed by atoms with E-state index in [1.807, 2.05) is 0 Å². The van der Waals surface area contributed by atoms with Crippen LogP contribution in [0.25, 0.3) is 10.9 Å². The van der Waals surface area contributed by atoms with Crippen LogP contribution >= 0.6 is 11.8 Å². The van der Waals surface area contributed by atoms with E-state index >= 15 is 4.39 Å². The second kappa shape index (κ2) is 15.0. The zero-order valence-electron chi connectivity index (χ0n) is 25.8. The summed E-state index contributed by atoms with van der Waals surface area (Å²) in [5, 5.41) is 2.90. The summed E-state index contributed by atoms with van der Waals surface area (Å²) in [6.45, 7) is 4.72. The van der Waals surface area contributed by atoms with Crippen molar-refractivity contribution in [3.63, 3.8) is 0 Å². The number of rotatable bonds is 11. The normalized spacial score (nSPS) is 16.6. The quantitative estimate of drug-likeness (QED) is 0.188. The number of aromatic nitrogens is 1. The fourth-order valence-corrected chi connectivity index (χ4v) is 6.44. The number of carbonyl (C=O) groups excluding carboxylic acids is 2. The molecule has 2 N–H and O–H groups in total. The molecule has 2 fully saturated rings. The molecule has 2 aliphatic heterocycles. The van der Waals surface area contributed by atoms with Gasteiger partial charge < -0.3 is 24.3 Å². The molecule has 4 aromatic rings. The number of methoxy groups -OCH3 is 1. The number of hydrogen-bond donors (Lipinski definition) is 2. The predicted octanol–water partition coefficient (Wildman–Crippen LogP) is 5.86. The van der Waals surface area contributed by atoms with Crippen molar-refractivity contribution in [2.45, 2.75) is 11.8 Å². The van der Waals surface area contributed by atoms with Crippen molar-refractivity contribution in [2.75, 3.05) is 57.6 Å². The molecule has 15 heteroatoms. The Morgan fingerprint density at radius 1 is 1.02 bits per heavy atom. The number of hydrogen-bond acceptors (Lipinski definition) is 9. The van der Waals surface area contributed by atoms with Crippen LogP contribution in [0.3, 0.4) is 0 Å². The van der Waals surface area contributed by atoms with Gasteiger partial charge in [-0.3, -0.25) is 14.7 Å². The standard InChI is InChI=1S/C33H32F3N5O6S/c1-44-29-17-23-27(18-30(29)46-12-2-9-40-10-13-45-14-11-40)37-8-7-28(23)47-21-4-5-22(24(35)16-21)32-41(31(42)19-48-32)39-33(43)38-26-6-3-20(34)15-25(26)36/h3-8,15-18,32H,2,9-14,19H2,1H3,(H2,38,39,43). The van der Waals surface area contributed by atoms with Gasteiger partial charge in [0, 0.05) is 55.0 Å². The van der Waals surface area contributed by atoms with E-state index in [-0.39, 0.29) is 22.8 Å². The number of carbonyl (C=O) groups is 2. The second-order valence-electron chi connectivity index (χ2n) is 10.9. The van der Waals surface area contributed by atoms with Gasteiger partial charge in [-0.25, -0.2) is 28.4 Å². The Bertz CT molecular complexity index is 1810. The highest BCUT2D eigenvalue weighted by Crippen LogP contribution is 2.41. The maximum atomic E-state index is 15.5. The lowest BCUT2D eigenvalue weighted by Gasteiger charge is -2.26. The van der Waals surface area contributed by atoms with Crippen LogP contribution in [-0.4, -0.2) is 79.1 Å². The number of pyridine rings is 1. The number of fused-ring (bicyclic) bond motifs is 1. The molecule has 0 aliphatic carbocycles. The van der Waals surface area contributed by atoms with Crippen LogP contribution in [0.5, 0.6) is 23.0 Å². The molecule has 0 saturated carbocycles. The topological polar surface area (TPSA) is 114 Å². The summed E-state index contributed by atoms with van der Waals surface area (Å²) in [5.41, 5.74) is 2.75. The first-order valence-corrected chi connectivity index (χ1v) is 16.2. The maximum absolute atomic E-state index is 15.5. The SMILES string of the molecule is COc1cc2c(Oc3ccc(C4SCC(=O)N4NC(=O)Nc4ccc(F)cc4F)c(F)c3)ccnc2cc1OCCCN1CCOCC1. The number of ether oxygens (including phenoxy) is 4. The van der Waals surface area contributed by atoms with Gasteiger partial charge in [-0.15, -0.1) is 11.8 Å². The van der Waals surface area contributed by atoms with E-state index in [1.165, 1.54) is 12.1 Å². The number of benzene rings is 3. The first kappa shape index (κ1) is 33.2. The fraction of sp³-hybridized carbons (Fsp3) is 0.303. The molecule has 3 amide bonds. The van der Waals surface area contributed by atoms with Crippen molar-refractivity contribution >= 4 is 40.3 Å². The fourth-order valence-electron chi connectivity index (χ4n) is 5.31. The number of amides is 3. The average molecular weight is 684 g/mol.